The molecule has 0 heterocycles. The summed E-state index contributed by atoms with van der Waals surface area (Å²) in [5.41, 5.74) is 0. The van der Waals surface area contributed by atoms with Gasteiger partial charge in [0.1, 0.15) is 13.4 Å². The Morgan fingerprint density at radius 2 is 1.85 bits per heavy atom. The van der Waals surface area contributed by atoms with Crippen molar-refractivity contribution in [2.75, 3.05) is 13.7 Å². The highest BCUT2D eigenvalue weighted by Gasteiger charge is 1.96. The van der Waals surface area contributed by atoms with E-state index in [2.05, 4.69) is 16.9 Å². The Morgan fingerprint density at radius 3 is 1.92 bits per heavy atom. The minimum Gasteiger partial charge on any atom is -0.379 e. The summed E-state index contributed by atoms with van der Waals surface area (Å²) in [4.78, 5) is 8.00. The lowest BCUT2D eigenvalue weighted by atomic mass is 10.4. The van der Waals surface area contributed by atoms with Gasteiger partial charge in [0.15, 0.2) is 0 Å². The number of alkyl halides is 2. The molecule has 1 rings (SSSR count). The number of hydrogen-bond acceptors (Lipinski definition) is 2. The van der Waals surface area contributed by atoms with Crippen molar-refractivity contribution >= 4 is 6.79 Å². The summed E-state index contributed by atoms with van der Waals surface area (Å²) in [6.45, 7) is 1.54. The van der Waals surface area contributed by atoms with Gasteiger partial charge in [-0.3, -0.25) is 0 Å². The number of hydrogen-bond donors (Lipinski definition) is 0. The van der Waals surface area contributed by atoms with E-state index in [-0.39, 0.29) is 0 Å². The first-order chi connectivity index (χ1) is 6.27. The lowest BCUT2D eigenvalue weighted by Crippen LogP contribution is -1.99. The van der Waals surface area contributed by atoms with E-state index in [1.807, 2.05) is 6.79 Å². The second-order valence-corrected chi connectivity index (χ2v) is 2.25. The lowest BCUT2D eigenvalue weighted by Gasteiger charge is -1.90. The lowest BCUT2D eigenvalue weighted by molar-refractivity contribution is -0.0979. The van der Waals surface area contributed by atoms with Gasteiger partial charge in [-0.2, -0.15) is 0 Å². The average molecular weight is 194 g/mol. The van der Waals surface area contributed by atoms with Crippen molar-refractivity contribution in [1.82, 2.24) is 0 Å². The van der Waals surface area contributed by atoms with Crippen LogP contribution in [0.4, 0.5) is 8.78 Å². The van der Waals surface area contributed by atoms with E-state index in [0.717, 1.165) is 0 Å². The third kappa shape index (κ3) is 18.3. The van der Waals surface area contributed by atoms with Crippen molar-refractivity contribution in [1.29, 1.82) is 0 Å². The second-order valence-electron chi connectivity index (χ2n) is 2.25. The molecule has 2 nitrogen and oxygen atoms in total. The molecule has 0 aromatic heterocycles. The molecule has 0 unspecified atom stereocenters. The van der Waals surface area contributed by atoms with E-state index in [4.69, 9.17) is 4.79 Å². The molecular formula is C9H16F2O2. The molecule has 0 saturated carbocycles. The summed E-state index contributed by atoms with van der Waals surface area (Å²) in [5, 5.41) is 0. The molecule has 0 radical (unpaired) electrons. The molecule has 0 amide bonds. The standard InChI is InChI=1S/C5H8.C3H6F2O.CH2O/c1-2-4-5-3-1;1-6-2-3(4)5;1-2/h1-2H,3-5H2;3H,2H2,1H3;1H2. The summed E-state index contributed by atoms with van der Waals surface area (Å²) >= 11 is 0. The Bertz CT molecular complexity index is 110. The number of rotatable bonds is 2. The maximum atomic E-state index is 10.9. The van der Waals surface area contributed by atoms with Gasteiger partial charge in [0.25, 0.3) is 6.43 Å². The first kappa shape index (κ1) is 14.7. The molecule has 0 saturated heterocycles. The van der Waals surface area contributed by atoms with Crippen LogP contribution in [0, 0.1) is 0 Å². The molecule has 0 aromatic carbocycles. The van der Waals surface area contributed by atoms with E-state index in [1.54, 1.807) is 0 Å². The summed E-state index contributed by atoms with van der Waals surface area (Å²) in [7, 11) is 1.24. The minimum absolute atomic E-state index is 0.458. The predicted molar refractivity (Wildman–Crippen MR) is 48.0 cm³/mol. The summed E-state index contributed by atoms with van der Waals surface area (Å²) in [6, 6.07) is 0. The van der Waals surface area contributed by atoms with E-state index in [9.17, 15) is 8.78 Å². The zero-order chi connectivity index (χ0) is 10.5. The number of allylic oxidation sites excluding steroid dienone is 2. The Morgan fingerprint density at radius 1 is 1.38 bits per heavy atom. The van der Waals surface area contributed by atoms with E-state index in [0.29, 0.717) is 0 Å². The highest BCUT2D eigenvalue weighted by molar-refractivity contribution is 5.10. The van der Waals surface area contributed by atoms with Crippen LogP contribution in [-0.2, 0) is 9.53 Å². The number of methoxy groups -OCH3 is 1. The number of carbonyl (C=O) groups is 1. The van der Waals surface area contributed by atoms with Gasteiger partial charge in [0.2, 0.25) is 0 Å². The largest absolute Gasteiger partial charge is 0.379 e. The highest BCUT2D eigenvalue weighted by Crippen LogP contribution is 2.05. The number of halogens is 2. The highest BCUT2D eigenvalue weighted by atomic mass is 19.3. The molecule has 1 aliphatic rings. The molecule has 13 heavy (non-hydrogen) atoms. The fourth-order valence-corrected chi connectivity index (χ4v) is 0.715. The fourth-order valence-electron chi connectivity index (χ4n) is 0.715. The van der Waals surface area contributed by atoms with Gasteiger partial charge in [-0.25, -0.2) is 8.78 Å². The van der Waals surface area contributed by atoms with Gasteiger partial charge in [0.05, 0.1) is 0 Å². The third-order valence-electron chi connectivity index (χ3n) is 1.20. The molecule has 0 bridgehead atoms. The van der Waals surface area contributed by atoms with Crippen molar-refractivity contribution in [2.45, 2.75) is 25.7 Å². The van der Waals surface area contributed by atoms with Gasteiger partial charge in [0, 0.05) is 7.11 Å². The number of ether oxygens (including phenoxy) is 1. The van der Waals surface area contributed by atoms with Gasteiger partial charge < -0.3 is 9.53 Å². The molecule has 4 heteroatoms. The summed E-state index contributed by atoms with van der Waals surface area (Å²) in [5.74, 6) is 0. The molecule has 0 fully saturated rings. The molecule has 78 valence electrons. The Balaban J connectivity index is 0. The van der Waals surface area contributed by atoms with Gasteiger partial charge in [-0.1, -0.05) is 12.2 Å². The Labute approximate surface area is 77.6 Å². The van der Waals surface area contributed by atoms with Gasteiger partial charge in [-0.15, -0.1) is 0 Å². The molecule has 0 aromatic rings. The number of carbonyl (C=O) groups excluding carboxylic acids is 1. The van der Waals surface area contributed by atoms with E-state index in [1.165, 1.54) is 26.4 Å². The van der Waals surface area contributed by atoms with Crippen LogP contribution in [0.3, 0.4) is 0 Å². The molecule has 0 N–H and O–H groups in total. The van der Waals surface area contributed by atoms with Gasteiger partial charge in [-0.05, 0) is 19.3 Å². The van der Waals surface area contributed by atoms with E-state index >= 15 is 0 Å². The van der Waals surface area contributed by atoms with Gasteiger partial charge >= 0.3 is 0 Å². The SMILES string of the molecule is C1=CCCC1.C=O.COCC(F)F. The fraction of sp³-hybridized carbons (Fsp3) is 0.667. The summed E-state index contributed by atoms with van der Waals surface area (Å²) in [6.07, 6.45) is 6.18. The molecule has 0 aliphatic heterocycles. The zero-order valence-electron chi connectivity index (χ0n) is 7.84. The zero-order valence-corrected chi connectivity index (χ0v) is 7.84. The van der Waals surface area contributed by atoms with Crippen LogP contribution in [0.25, 0.3) is 0 Å². The molecular weight excluding hydrogens is 178 g/mol. The maximum absolute atomic E-state index is 10.9. The predicted octanol–water partition coefficient (Wildman–Crippen LogP) is 2.44. The average Bonchev–Trinajstić information content (AvgIpc) is 2.64. The Kier molecular flexibility index (Phi) is 15.6. The van der Waals surface area contributed by atoms with Crippen molar-refractivity contribution in [2.24, 2.45) is 0 Å². The van der Waals surface area contributed by atoms with Crippen LogP contribution in [0.1, 0.15) is 19.3 Å². The molecule has 0 atom stereocenters. The van der Waals surface area contributed by atoms with Crippen LogP contribution in [0.5, 0.6) is 0 Å². The van der Waals surface area contributed by atoms with Crippen LogP contribution in [-0.4, -0.2) is 26.9 Å². The van der Waals surface area contributed by atoms with E-state index < -0.39 is 13.0 Å². The molecule has 0 spiro atoms. The normalized spacial score (nSPS) is 12.9. The Hall–Kier alpha value is -0.770. The van der Waals surface area contributed by atoms with Crippen molar-refractivity contribution < 1.29 is 18.3 Å². The summed E-state index contributed by atoms with van der Waals surface area (Å²) < 4.78 is 25.9. The topological polar surface area (TPSA) is 26.3 Å². The smallest absolute Gasteiger partial charge is 0.261 e. The van der Waals surface area contributed by atoms with Crippen molar-refractivity contribution in [3.63, 3.8) is 0 Å². The van der Waals surface area contributed by atoms with Crippen LogP contribution in [0.15, 0.2) is 12.2 Å². The quantitative estimate of drug-likeness (QED) is 0.631. The van der Waals surface area contributed by atoms with Crippen LogP contribution >= 0.6 is 0 Å². The van der Waals surface area contributed by atoms with Crippen LogP contribution < -0.4 is 0 Å². The first-order valence-electron chi connectivity index (χ1n) is 3.98. The third-order valence-corrected chi connectivity index (χ3v) is 1.20. The van der Waals surface area contributed by atoms with Crippen molar-refractivity contribution in [3.05, 3.63) is 12.2 Å². The maximum Gasteiger partial charge on any atom is 0.261 e. The first-order valence-corrected chi connectivity index (χ1v) is 3.98. The van der Waals surface area contributed by atoms with Crippen LogP contribution in [0.2, 0.25) is 0 Å². The molecule has 1 aliphatic carbocycles. The monoisotopic (exact) mass is 194 g/mol. The van der Waals surface area contributed by atoms with Crippen molar-refractivity contribution in [3.8, 4) is 0 Å². The minimum atomic E-state index is -2.32. The second kappa shape index (κ2) is 13.8.